The number of amides is 2. The van der Waals surface area contributed by atoms with Crippen LogP contribution in [0.1, 0.15) is 66.8 Å². The van der Waals surface area contributed by atoms with E-state index in [4.69, 9.17) is 14.7 Å². The van der Waals surface area contributed by atoms with Crippen LogP contribution in [0, 0.1) is 5.21 Å². The minimum Gasteiger partial charge on any atom is -0.618 e. The van der Waals surface area contributed by atoms with E-state index in [-0.39, 0.29) is 31.1 Å². The van der Waals surface area contributed by atoms with Gasteiger partial charge in [0.25, 0.3) is 5.03 Å². The highest BCUT2D eigenvalue weighted by molar-refractivity contribution is 7.99. The third-order valence-corrected chi connectivity index (χ3v) is 9.09. The molecule has 5 rings (SSSR count). The van der Waals surface area contributed by atoms with Crippen molar-refractivity contribution < 1.29 is 34.1 Å². The van der Waals surface area contributed by atoms with Crippen LogP contribution in [0.15, 0.2) is 102 Å². The van der Waals surface area contributed by atoms with Gasteiger partial charge in [0.15, 0.2) is 12.5 Å². The monoisotopic (exact) mass is 657 g/mol. The molecule has 0 unspecified atom stereocenters. The highest BCUT2D eigenvalue weighted by Gasteiger charge is 2.32. The zero-order chi connectivity index (χ0) is 33.0. The van der Waals surface area contributed by atoms with Crippen LogP contribution in [0.5, 0.6) is 0 Å². The molecular weight excluding hydrogens is 618 g/mol. The summed E-state index contributed by atoms with van der Waals surface area (Å²) in [5.74, 6) is 0.0382. The number of hydroxylamine groups is 1. The van der Waals surface area contributed by atoms with Crippen molar-refractivity contribution in [3.05, 3.63) is 125 Å². The predicted molar refractivity (Wildman–Crippen MR) is 177 cm³/mol. The Kier molecular flexibility index (Phi) is 12.4. The molecule has 1 aromatic heterocycles. The second-order valence-corrected chi connectivity index (χ2v) is 12.4. The van der Waals surface area contributed by atoms with Crippen molar-refractivity contribution in [2.24, 2.45) is 0 Å². The van der Waals surface area contributed by atoms with E-state index in [1.54, 1.807) is 17.6 Å². The number of nitrogens with zero attached hydrogens (tertiary/aromatic N) is 1. The molecule has 1 aliphatic rings. The smallest absolute Gasteiger partial charge is 0.251 e. The average molecular weight is 658 g/mol. The first kappa shape index (κ1) is 34.1. The first-order valence-corrected chi connectivity index (χ1v) is 16.6. The second-order valence-electron chi connectivity index (χ2n) is 11.4. The second kappa shape index (κ2) is 17.1. The molecule has 0 aliphatic carbocycles. The van der Waals surface area contributed by atoms with Gasteiger partial charge in [-0.3, -0.25) is 14.8 Å². The number of rotatable bonds is 14. The lowest BCUT2D eigenvalue weighted by Crippen LogP contribution is -2.32. The molecular formula is C36H39N3O7S. The summed E-state index contributed by atoms with van der Waals surface area (Å²) < 4.78 is 13.8. The van der Waals surface area contributed by atoms with Gasteiger partial charge in [-0.1, -0.05) is 78.5 Å². The van der Waals surface area contributed by atoms with E-state index in [0.29, 0.717) is 43.0 Å². The lowest BCUT2D eigenvalue weighted by molar-refractivity contribution is -0.645. The molecule has 1 aliphatic heterocycles. The highest BCUT2D eigenvalue weighted by atomic mass is 32.2. The van der Waals surface area contributed by atoms with E-state index < -0.39 is 12.2 Å². The molecule has 3 atom stereocenters. The van der Waals surface area contributed by atoms with Gasteiger partial charge in [0, 0.05) is 49.3 Å². The quantitative estimate of drug-likeness (QED) is 0.0348. The van der Waals surface area contributed by atoms with Crippen LogP contribution >= 0.6 is 11.8 Å². The Morgan fingerprint density at radius 3 is 2.32 bits per heavy atom. The Labute approximate surface area is 278 Å². The van der Waals surface area contributed by atoms with Gasteiger partial charge >= 0.3 is 0 Å². The van der Waals surface area contributed by atoms with Crippen LogP contribution < -0.4 is 15.5 Å². The molecule has 1 fully saturated rings. The number of aliphatic hydroxyl groups is 1. The summed E-state index contributed by atoms with van der Waals surface area (Å²) in [7, 11) is 0. The van der Waals surface area contributed by atoms with E-state index >= 15 is 0 Å². The number of hydrogen-bond donors (Lipinski definition) is 4. The van der Waals surface area contributed by atoms with Gasteiger partial charge in [-0.15, -0.1) is 0 Å². The molecule has 0 spiro atoms. The van der Waals surface area contributed by atoms with Crippen molar-refractivity contribution >= 4 is 23.6 Å². The Morgan fingerprint density at radius 2 is 1.60 bits per heavy atom. The number of hydrogen-bond acceptors (Lipinski definition) is 8. The normalized spacial score (nSPS) is 17.6. The molecule has 246 valence electrons. The summed E-state index contributed by atoms with van der Waals surface area (Å²) in [4.78, 5) is 23.4. The predicted octanol–water partition coefficient (Wildman–Crippen LogP) is 5.50. The number of aliphatic hydroxyl groups excluding tert-OH is 1. The molecule has 2 heterocycles. The maximum Gasteiger partial charge on any atom is 0.251 e. The average Bonchev–Trinajstić information content (AvgIpc) is 3.12. The maximum absolute atomic E-state index is 12.3. The van der Waals surface area contributed by atoms with E-state index in [1.807, 2.05) is 78.9 Å². The van der Waals surface area contributed by atoms with Gasteiger partial charge in [0.2, 0.25) is 11.8 Å². The third kappa shape index (κ3) is 9.87. The van der Waals surface area contributed by atoms with Crippen molar-refractivity contribution in [3.8, 4) is 11.1 Å². The van der Waals surface area contributed by atoms with E-state index in [1.165, 1.54) is 18.0 Å². The number of thioether (sulfide) groups is 1. The SMILES string of the molecule is O=C(CCCCC(=O)NCc1cccc(-c2ccc([C@H]3O[C@@H](CSc4cccc[n+]4[O-])C[C@@H](c4ccc(CO)cc4)O3)cc2)c1)NO. The van der Waals surface area contributed by atoms with Gasteiger partial charge in [-0.2, -0.15) is 4.73 Å². The summed E-state index contributed by atoms with van der Waals surface area (Å²) in [6.07, 6.45) is 2.67. The molecule has 0 bridgehead atoms. The fraction of sp³-hybridized carbons (Fsp3) is 0.306. The van der Waals surface area contributed by atoms with Crippen molar-refractivity contribution in [1.82, 2.24) is 10.8 Å². The summed E-state index contributed by atoms with van der Waals surface area (Å²) in [6.45, 7) is 0.364. The molecule has 2 amide bonds. The number of carbonyl (C=O) groups excluding carboxylic acids is 2. The summed E-state index contributed by atoms with van der Waals surface area (Å²) in [5, 5.41) is 33.8. The van der Waals surface area contributed by atoms with Crippen molar-refractivity contribution in [3.63, 3.8) is 0 Å². The van der Waals surface area contributed by atoms with Crippen molar-refractivity contribution in [2.45, 2.75) is 68.8 Å². The summed E-state index contributed by atoms with van der Waals surface area (Å²) in [5.41, 5.74) is 7.28. The van der Waals surface area contributed by atoms with Crippen LogP contribution in [0.2, 0.25) is 0 Å². The van der Waals surface area contributed by atoms with Crippen LogP contribution in [0.4, 0.5) is 0 Å². The minimum absolute atomic E-state index is 0.0258. The van der Waals surface area contributed by atoms with Gasteiger partial charge in [0.1, 0.15) is 0 Å². The number of pyridine rings is 1. The molecule has 0 saturated carbocycles. The van der Waals surface area contributed by atoms with E-state index in [9.17, 15) is 19.9 Å². The molecule has 47 heavy (non-hydrogen) atoms. The standard InChI is InChI=1S/C36H39N3O7S/c40-23-25-11-13-28(14-12-25)32-21-31(24-47-35-10-3-4-19-39(35)44)45-36(46-32)29-17-15-27(16-18-29)30-7-5-6-26(20-30)22-37-33(41)8-1-2-9-34(42)38-43/h3-7,10-20,31-32,36,40,43H,1-2,8-9,21-24H2,(H,37,41)(H,38,42)/t31-,32+,36+/m1/s1. The summed E-state index contributed by atoms with van der Waals surface area (Å²) in [6, 6.07) is 29.1. The topological polar surface area (TPSA) is 144 Å². The molecule has 3 aromatic carbocycles. The third-order valence-electron chi connectivity index (χ3n) is 7.94. The zero-order valence-corrected chi connectivity index (χ0v) is 26.7. The Morgan fingerprint density at radius 1 is 0.851 bits per heavy atom. The van der Waals surface area contributed by atoms with Crippen LogP contribution in [-0.2, 0) is 32.2 Å². The Bertz CT molecular complexity index is 1620. The van der Waals surface area contributed by atoms with Gasteiger partial charge in [-0.05, 0) is 52.8 Å². The molecule has 4 aromatic rings. The first-order chi connectivity index (χ1) is 22.9. The fourth-order valence-corrected chi connectivity index (χ4v) is 6.27. The van der Waals surface area contributed by atoms with Gasteiger partial charge in [-0.25, -0.2) is 5.48 Å². The zero-order valence-electron chi connectivity index (χ0n) is 25.9. The van der Waals surface area contributed by atoms with Gasteiger partial charge < -0.3 is 25.1 Å². The number of nitrogens with one attached hydrogen (secondary N) is 2. The van der Waals surface area contributed by atoms with E-state index in [2.05, 4.69) is 5.32 Å². The summed E-state index contributed by atoms with van der Waals surface area (Å²) >= 11 is 1.46. The number of aromatic nitrogens is 1. The molecule has 1 saturated heterocycles. The lowest BCUT2D eigenvalue weighted by Gasteiger charge is -2.36. The number of unbranched alkanes of at least 4 members (excludes halogenated alkanes) is 1. The first-order valence-electron chi connectivity index (χ1n) is 15.6. The molecule has 10 nitrogen and oxygen atoms in total. The number of benzene rings is 3. The van der Waals surface area contributed by atoms with Crippen molar-refractivity contribution in [2.75, 3.05) is 5.75 Å². The van der Waals surface area contributed by atoms with Gasteiger partial charge in [0.05, 0.1) is 18.8 Å². The number of ether oxygens (including phenoxy) is 2. The minimum atomic E-state index is -0.611. The Balaban J connectivity index is 1.23. The maximum atomic E-state index is 12.3. The van der Waals surface area contributed by atoms with Crippen molar-refractivity contribution in [1.29, 1.82) is 0 Å². The lowest BCUT2D eigenvalue weighted by atomic mass is 9.99. The van der Waals surface area contributed by atoms with Crippen LogP contribution in [0.3, 0.4) is 0 Å². The molecule has 11 heteroatoms. The number of carbonyl (C=O) groups is 2. The molecule has 0 radical (unpaired) electrons. The highest BCUT2D eigenvalue weighted by Crippen LogP contribution is 2.39. The molecule has 4 N–H and O–H groups in total. The van der Waals surface area contributed by atoms with Crippen LogP contribution in [0.25, 0.3) is 11.1 Å². The largest absolute Gasteiger partial charge is 0.618 e. The fourth-order valence-electron chi connectivity index (χ4n) is 5.34. The van der Waals surface area contributed by atoms with E-state index in [0.717, 1.165) is 38.1 Å². The van der Waals surface area contributed by atoms with Crippen LogP contribution in [-0.4, -0.2) is 34.0 Å². The Hall–Kier alpha value is -4.26.